The van der Waals surface area contributed by atoms with Crippen LogP contribution in [0.2, 0.25) is 0 Å². The first kappa shape index (κ1) is 37.7. The van der Waals surface area contributed by atoms with Crippen LogP contribution in [0.4, 0.5) is 17.6 Å². The third-order valence-electron chi connectivity index (χ3n) is 7.34. The molecule has 1 aliphatic rings. The smallest absolute Gasteiger partial charge is 0.475 e. The summed E-state index contributed by atoms with van der Waals surface area (Å²) in [5.74, 6) is -5.07. The summed E-state index contributed by atoms with van der Waals surface area (Å²) in [6.45, 7) is 5.74. The lowest BCUT2D eigenvalue weighted by atomic mass is 9.98. The number of alkyl halides is 3. The maximum absolute atomic E-state index is 13.4. The van der Waals surface area contributed by atoms with Crippen molar-refractivity contribution in [1.29, 1.82) is 0 Å². The van der Waals surface area contributed by atoms with Gasteiger partial charge >= 0.3 is 12.1 Å². The average molecular weight is 654 g/mol. The fraction of sp³-hybridized carbons (Fsp3) is 0.452. The summed E-state index contributed by atoms with van der Waals surface area (Å²) >= 11 is 0. The van der Waals surface area contributed by atoms with Gasteiger partial charge in [-0.1, -0.05) is 50.2 Å². The van der Waals surface area contributed by atoms with Crippen LogP contribution >= 0.6 is 0 Å². The van der Waals surface area contributed by atoms with Gasteiger partial charge in [0.15, 0.2) is 0 Å². The Labute approximate surface area is 263 Å². The predicted molar refractivity (Wildman–Crippen MR) is 160 cm³/mol. The Morgan fingerprint density at radius 1 is 1.00 bits per heavy atom. The second-order valence-electron chi connectivity index (χ2n) is 11.1. The van der Waals surface area contributed by atoms with Crippen molar-refractivity contribution in [3.05, 3.63) is 59.9 Å². The summed E-state index contributed by atoms with van der Waals surface area (Å²) in [4.78, 5) is 61.9. The summed E-state index contributed by atoms with van der Waals surface area (Å²) in [7, 11) is 1.66. The van der Waals surface area contributed by atoms with Crippen LogP contribution in [0.15, 0.2) is 48.5 Å². The lowest BCUT2D eigenvalue weighted by Gasteiger charge is -2.31. The Balaban J connectivity index is 0.000000942. The molecular formula is C31H39F4N5O6. The lowest BCUT2D eigenvalue weighted by molar-refractivity contribution is -0.192. The molecule has 6 N–H and O–H groups in total. The van der Waals surface area contributed by atoms with Gasteiger partial charge in [0.05, 0.1) is 6.04 Å². The number of nitrogens with two attached hydrogens (primary N) is 1. The van der Waals surface area contributed by atoms with E-state index in [9.17, 15) is 36.7 Å². The summed E-state index contributed by atoms with van der Waals surface area (Å²) in [5.41, 5.74) is 8.06. The third kappa shape index (κ3) is 10.8. The minimum Gasteiger partial charge on any atom is -0.475 e. The van der Waals surface area contributed by atoms with Gasteiger partial charge in [-0.3, -0.25) is 19.2 Å². The fourth-order valence-corrected chi connectivity index (χ4v) is 4.65. The van der Waals surface area contributed by atoms with E-state index in [1.54, 1.807) is 26.1 Å². The topological polar surface area (TPSA) is 171 Å². The zero-order valence-electron chi connectivity index (χ0n) is 25.9. The van der Waals surface area contributed by atoms with Crippen molar-refractivity contribution in [2.24, 2.45) is 11.7 Å². The zero-order chi connectivity index (χ0) is 34.8. The first-order chi connectivity index (χ1) is 21.5. The molecule has 3 rings (SSSR count). The molecule has 0 aromatic heterocycles. The fourth-order valence-electron chi connectivity index (χ4n) is 4.65. The van der Waals surface area contributed by atoms with Crippen molar-refractivity contribution < 1.29 is 46.6 Å². The highest BCUT2D eigenvalue weighted by atomic mass is 19.4. The summed E-state index contributed by atoms with van der Waals surface area (Å²) < 4.78 is 45.1. The molecule has 15 heteroatoms. The Bertz CT molecular complexity index is 1390. The van der Waals surface area contributed by atoms with E-state index < -0.39 is 48.1 Å². The van der Waals surface area contributed by atoms with Gasteiger partial charge in [0, 0.05) is 13.0 Å². The first-order valence-corrected chi connectivity index (χ1v) is 14.5. The van der Waals surface area contributed by atoms with Crippen molar-refractivity contribution in [2.45, 2.75) is 70.4 Å². The summed E-state index contributed by atoms with van der Waals surface area (Å²) in [5, 5.41) is 15.5. The van der Waals surface area contributed by atoms with E-state index in [-0.39, 0.29) is 30.0 Å². The molecule has 46 heavy (non-hydrogen) atoms. The molecule has 0 saturated carbocycles. The number of aliphatic carboxylic acids is 1. The van der Waals surface area contributed by atoms with Crippen molar-refractivity contribution >= 4 is 29.6 Å². The van der Waals surface area contributed by atoms with Crippen molar-refractivity contribution in [3.63, 3.8) is 0 Å². The van der Waals surface area contributed by atoms with E-state index in [2.05, 4.69) is 16.0 Å². The number of nitrogens with one attached hydrogen (secondary N) is 3. The molecule has 0 radical (unpaired) electrons. The number of primary amides is 1. The zero-order valence-corrected chi connectivity index (χ0v) is 25.9. The molecule has 0 aliphatic carbocycles. The number of halogens is 4. The summed E-state index contributed by atoms with van der Waals surface area (Å²) in [6, 6.07) is 10.4. The predicted octanol–water partition coefficient (Wildman–Crippen LogP) is 2.38. The van der Waals surface area contributed by atoms with Gasteiger partial charge in [-0.15, -0.1) is 0 Å². The maximum Gasteiger partial charge on any atom is 0.490 e. The van der Waals surface area contributed by atoms with Crippen LogP contribution in [0.5, 0.6) is 0 Å². The third-order valence-corrected chi connectivity index (χ3v) is 7.34. The largest absolute Gasteiger partial charge is 0.490 e. The van der Waals surface area contributed by atoms with E-state index in [0.717, 1.165) is 16.7 Å². The SMILES string of the molecule is CN[C@@H](C)C(=O)N[C@H](C(=O)N1CCC[C@H]1C(=O)N[C@@H](Cc1cccc(-c2ccc(F)cc2)c1)C(N)=O)C(C)C.O=C(O)C(F)(F)F. The van der Waals surface area contributed by atoms with Crippen LogP contribution in [-0.4, -0.2) is 83.5 Å². The van der Waals surface area contributed by atoms with E-state index in [4.69, 9.17) is 15.6 Å². The van der Waals surface area contributed by atoms with Gasteiger partial charge in [0.25, 0.3) is 0 Å². The highest BCUT2D eigenvalue weighted by Gasteiger charge is 2.40. The molecule has 2 aromatic carbocycles. The first-order valence-electron chi connectivity index (χ1n) is 14.5. The van der Waals surface area contributed by atoms with Crippen LogP contribution in [0, 0.1) is 11.7 Å². The average Bonchev–Trinajstić information content (AvgIpc) is 3.49. The Morgan fingerprint density at radius 2 is 1.61 bits per heavy atom. The number of rotatable bonds is 11. The number of carboxylic acids is 1. The molecule has 0 bridgehead atoms. The van der Waals surface area contributed by atoms with Gasteiger partial charge < -0.3 is 31.7 Å². The second kappa shape index (κ2) is 16.7. The number of amides is 4. The van der Waals surface area contributed by atoms with Gasteiger partial charge in [-0.25, -0.2) is 9.18 Å². The number of hydrogen-bond acceptors (Lipinski definition) is 6. The highest BCUT2D eigenvalue weighted by Crippen LogP contribution is 2.23. The summed E-state index contributed by atoms with van der Waals surface area (Å²) in [6.07, 6.45) is -3.87. The Morgan fingerprint density at radius 3 is 2.13 bits per heavy atom. The van der Waals surface area contributed by atoms with Crippen LogP contribution in [-0.2, 0) is 30.4 Å². The highest BCUT2D eigenvalue weighted by molar-refractivity contribution is 5.95. The molecule has 1 fully saturated rings. The number of nitrogens with zero attached hydrogens (tertiary/aromatic N) is 1. The molecule has 1 heterocycles. The Kier molecular flexibility index (Phi) is 13.7. The number of likely N-dealkylation sites (tertiary alicyclic amines) is 1. The van der Waals surface area contributed by atoms with Crippen LogP contribution in [0.25, 0.3) is 11.1 Å². The molecule has 0 unspecified atom stereocenters. The van der Waals surface area contributed by atoms with E-state index in [1.807, 2.05) is 38.1 Å². The van der Waals surface area contributed by atoms with Gasteiger partial charge in [0.2, 0.25) is 23.6 Å². The minimum atomic E-state index is -5.08. The van der Waals surface area contributed by atoms with Gasteiger partial charge in [0.1, 0.15) is 23.9 Å². The number of hydrogen-bond donors (Lipinski definition) is 5. The normalized spacial score (nSPS) is 16.5. The van der Waals surface area contributed by atoms with Crippen molar-refractivity contribution in [1.82, 2.24) is 20.9 Å². The van der Waals surface area contributed by atoms with Gasteiger partial charge in [-0.2, -0.15) is 13.2 Å². The van der Waals surface area contributed by atoms with Crippen molar-refractivity contribution in [2.75, 3.05) is 13.6 Å². The van der Waals surface area contributed by atoms with E-state index >= 15 is 0 Å². The van der Waals surface area contributed by atoms with Crippen LogP contribution < -0.4 is 21.7 Å². The molecule has 4 amide bonds. The second-order valence-corrected chi connectivity index (χ2v) is 11.1. The molecule has 2 aromatic rings. The molecule has 4 atom stereocenters. The quantitative estimate of drug-likeness (QED) is 0.232. The molecule has 252 valence electrons. The Hall–Kier alpha value is -4.53. The molecule has 1 aliphatic heterocycles. The maximum atomic E-state index is 13.4. The molecule has 0 spiro atoms. The van der Waals surface area contributed by atoms with Crippen LogP contribution in [0.3, 0.4) is 0 Å². The number of benzene rings is 2. The molecule has 1 saturated heterocycles. The lowest BCUT2D eigenvalue weighted by Crippen LogP contribution is -2.58. The van der Waals surface area contributed by atoms with Crippen molar-refractivity contribution in [3.8, 4) is 11.1 Å². The van der Waals surface area contributed by atoms with E-state index in [0.29, 0.717) is 19.4 Å². The molecular weight excluding hydrogens is 614 g/mol. The minimum absolute atomic E-state index is 0.156. The molecule has 11 nitrogen and oxygen atoms in total. The number of carboxylic acid groups (broad SMARTS) is 1. The monoisotopic (exact) mass is 653 g/mol. The van der Waals surface area contributed by atoms with Crippen LogP contribution in [0.1, 0.15) is 39.2 Å². The number of carbonyl (C=O) groups is 5. The number of likely N-dealkylation sites (N-methyl/N-ethyl adjacent to an activating group) is 1. The van der Waals surface area contributed by atoms with E-state index in [1.165, 1.54) is 17.0 Å². The van der Waals surface area contributed by atoms with Gasteiger partial charge in [-0.05, 0) is 61.6 Å². The standard InChI is InChI=1S/C29H38FN5O4.C2HF3O2/c1-17(2)25(34-27(37)18(3)32-4)29(39)35-14-6-9-24(35)28(38)33-23(26(31)36)16-19-7-5-8-21(15-19)20-10-12-22(30)13-11-20;3-2(4,5)1(6)7/h5,7-8,10-13,15,17-18,23-25,32H,6,9,14,16H2,1-4H3,(H2,31,36)(H,33,38)(H,34,37);(H,6,7)/t18-,23-,24-,25-;/m0./s1. The number of carbonyl (C=O) groups excluding carboxylic acids is 4.